The predicted molar refractivity (Wildman–Crippen MR) is 104 cm³/mol. The summed E-state index contributed by atoms with van der Waals surface area (Å²) in [6.07, 6.45) is 8.35. The Kier molecular flexibility index (Phi) is 5.66. The molecule has 0 radical (unpaired) electrons. The van der Waals surface area contributed by atoms with E-state index in [1.165, 1.54) is 6.26 Å². The van der Waals surface area contributed by atoms with Gasteiger partial charge in [0.05, 0.1) is 12.4 Å². The zero-order chi connectivity index (χ0) is 20.5. The van der Waals surface area contributed by atoms with Gasteiger partial charge in [0.25, 0.3) is 0 Å². The molecular weight excluding hydrogens is 380 g/mol. The van der Waals surface area contributed by atoms with Crippen LogP contribution < -0.4 is 0 Å². The van der Waals surface area contributed by atoms with Crippen molar-refractivity contribution in [3.63, 3.8) is 0 Å². The van der Waals surface area contributed by atoms with Gasteiger partial charge in [-0.3, -0.25) is 0 Å². The van der Waals surface area contributed by atoms with Crippen LogP contribution >= 0.6 is 0 Å². The van der Waals surface area contributed by atoms with Crippen LogP contribution in [-0.4, -0.2) is 6.10 Å². The van der Waals surface area contributed by atoms with Crippen LogP contribution in [0.4, 0.5) is 17.6 Å². The lowest BCUT2D eigenvalue weighted by Crippen LogP contribution is -2.29. The zero-order valence-electron chi connectivity index (χ0n) is 16.2. The van der Waals surface area contributed by atoms with Crippen LogP contribution in [0.25, 0.3) is 11.1 Å². The fraction of sp³-hybridized carbons (Fsp3) is 0.417. The predicted octanol–water partition coefficient (Wildman–Crippen LogP) is 6.73. The number of hydrogen-bond donors (Lipinski definition) is 0. The molecule has 0 bridgehead atoms. The zero-order valence-corrected chi connectivity index (χ0v) is 16.2. The first-order valence-corrected chi connectivity index (χ1v) is 10.2. The van der Waals surface area contributed by atoms with E-state index in [4.69, 9.17) is 4.74 Å². The van der Waals surface area contributed by atoms with E-state index in [0.717, 1.165) is 56.2 Å². The molecule has 1 nitrogen and oxygen atoms in total. The average molecular weight is 404 g/mol. The minimum absolute atomic E-state index is 0.0179. The monoisotopic (exact) mass is 404 g/mol. The third kappa shape index (κ3) is 3.92. The molecule has 0 saturated heterocycles. The Bertz CT molecular complexity index is 892. The Balaban J connectivity index is 1.53. The van der Waals surface area contributed by atoms with Crippen LogP contribution in [0.3, 0.4) is 0 Å². The van der Waals surface area contributed by atoms with E-state index in [1.807, 2.05) is 6.07 Å². The van der Waals surface area contributed by atoms with Crippen LogP contribution in [0.5, 0.6) is 0 Å². The fourth-order valence-corrected chi connectivity index (χ4v) is 5.01. The van der Waals surface area contributed by atoms with Crippen LogP contribution in [0.2, 0.25) is 0 Å². The summed E-state index contributed by atoms with van der Waals surface area (Å²) in [7, 11) is 0. The Labute approximate surface area is 168 Å². The van der Waals surface area contributed by atoms with Gasteiger partial charge in [0.15, 0.2) is 17.5 Å². The average Bonchev–Trinajstić information content (AvgIpc) is 2.72. The number of fused-ring (bicyclic) bond motifs is 1. The smallest absolute Gasteiger partial charge is 0.194 e. The Morgan fingerprint density at radius 3 is 2.21 bits per heavy atom. The molecular formula is C24H24F4O. The van der Waals surface area contributed by atoms with E-state index in [2.05, 4.69) is 6.58 Å². The minimum Gasteiger partial charge on any atom is -0.499 e. The summed E-state index contributed by atoms with van der Waals surface area (Å²) >= 11 is 0. The van der Waals surface area contributed by atoms with Crippen LogP contribution in [0, 0.1) is 35.1 Å². The van der Waals surface area contributed by atoms with Crippen molar-refractivity contribution in [1.82, 2.24) is 0 Å². The third-order valence-electron chi connectivity index (χ3n) is 6.56. The molecule has 0 amide bonds. The fourth-order valence-electron chi connectivity index (χ4n) is 5.01. The maximum Gasteiger partial charge on any atom is 0.194 e. The maximum absolute atomic E-state index is 15.1. The molecule has 2 aromatic rings. The number of benzene rings is 2. The quantitative estimate of drug-likeness (QED) is 0.312. The highest BCUT2D eigenvalue weighted by molar-refractivity contribution is 5.66. The second kappa shape index (κ2) is 8.21. The van der Waals surface area contributed by atoms with Gasteiger partial charge in [0.1, 0.15) is 5.82 Å². The van der Waals surface area contributed by atoms with E-state index in [0.29, 0.717) is 23.8 Å². The van der Waals surface area contributed by atoms with Gasteiger partial charge in [-0.1, -0.05) is 18.7 Å². The minimum atomic E-state index is -1.54. The summed E-state index contributed by atoms with van der Waals surface area (Å²) < 4.78 is 61.0. The standard InChI is InChI=1S/C24H24F4O/c1-2-29-18-7-3-14(4-8-18)15-5-9-19-16(11-15)6-10-20(23(19)27)17-12-21(25)24(28)22(26)13-17/h2,6,10,12-15,18H,1,3-5,7-9,11H2. The topological polar surface area (TPSA) is 9.23 Å². The molecule has 0 N–H and O–H groups in total. The van der Waals surface area contributed by atoms with Gasteiger partial charge in [-0.2, -0.15) is 0 Å². The third-order valence-corrected chi connectivity index (χ3v) is 6.56. The van der Waals surface area contributed by atoms with E-state index in [-0.39, 0.29) is 17.2 Å². The van der Waals surface area contributed by atoms with Gasteiger partial charge < -0.3 is 4.74 Å². The normalized spacial score (nSPS) is 24.1. The summed E-state index contributed by atoms with van der Waals surface area (Å²) in [5.74, 6) is -3.49. The number of halogens is 4. The van der Waals surface area contributed by atoms with Crippen molar-refractivity contribution >= 4 is 0 Å². The second-order valence-corrected chi connectivity index (χ2v) is 8.16. The molecule has 1 unspecified atom stereocenters. The molecule has 2 aromatic carbocycles. The second-order valence-electron chi connectivity index (χ2n) is 8.16. The van der Waals surface area contributed by atoms with Crippen molar-refractivity contribution in [3.05, 3.63) is 71.5 Å². The highest BCUT2D eigenvalue weighted by atomic mass is 19.2. The lowest BCUT2D eigenvalue weighted by Gasteiger charge is -2.36. The van der Waals surface area contributed by atoms with Crippen molar-refractivity contribution in [1.29, 1.82) is 0 Å². The number of hydrogen-bond acceptors (Lipinski definition) is 1. The van der Waals surface area contributed by atoms with Gasteiger partial charge in [0.2, 0.25) is 0 Å². The summed E-state index contributed by atoms with van der Waals surface area (Å²) in [6, 6.07) is 5.10. The first kappa shape index (κ1) is 20.0. The van der Waals surface area contributed by atoms with E-state index in [1.54, 1.807) is 6.07 Å². The van der Waals surface area contributed by atoms with Crippen LogP contribution in [-0.2, 0) is 17.6 Å². The molecule has 1 atom stereocenters. The first-order chi connectivity index (χ1) is 14.0. The van der Waals surface area contributed by atoms with E-state index >= 15 is 4.39 Å². The molecule has 0 spiro atoms. The summed E-state index contributed by atoms with van der Waals surface area (Å²) in [5.41, 5.74) is 1.72. The molecule has 2 aliphatic carbocycles. The molecule has 0 aliphatic heterocycles. The van der Waals surface area contributed by atoms with Gasteiger partial charge in [0, 0.05) is 5.56 Å². The molecule has 5 heteroatoms. The lowest BCUT2D eigenvalue weighted by molar-refractivity contribution is 0.0721. The Morgan fingerprint density at radius 2 is 1.55 bits per heavy atom. The van der Waals surface area contributed by atoms with Gasteiger partial charge in [-0.05, 0) is 85.6 Å². The molecule has 29 heavy (non-hydrogen) atoms. The summed E-state index contributed by atoms with van der Waals surface area (Å²) in [6.45, 7) is 3.62. The summed E-state index contributed by atoms with van der Waals surface area (Å²) in [4.78, 5) is 0. The van der Waals surface area contributed by atoms with Crippen molar-refractivity contribution in [2.24, 2.45) is 11.8 Å². The van der Waals surface area contributed by atoms with Crippen LogP contribution in [0.1, 0.15) is 43.2 Å². The van der Waals surface area contributed by atoms with Gasteiger partial charge in [-0.25, -0.2) is 17.6 Å². The van der Waals surface area contributed by atoms with Gasteiger partial charge in [-0.15, -0.1) is 0 Å². The van der Waals surface area contributed by atoms with Crippen molar-refractivity contribution in [2.75, 3.05) is 0 Å². The summed E-state index contributed by atoms with van der Waals surface area (Å²) in [5, 5.41) is 0. The molecule has 154 valence electrons. The molecule has 0 aromatic heterocycles. The molecule has 1 saturated carbocycles. The van der Waals surface area contributed by atoms with E-state index < -0.39 is 23.3 Å². The Hall–Kier alpha value is -2.30. The van der Waals surface area contributed by atoms with Gasteiger partial charge >= 0.3 is 0 Å². The molecule has 0 heterocycles. The largest absolute Gasteiger partial charge is 0.499 e. The van der Waals surface area contributed by atoms with Crippen molar-refractivity contribution in [3.8, 4) is 11.1 Å². The van der Waals surface area contributed by atoms with Crippen LogP contribution in [0.15, 0.2) is 37.1 Å². The van der Waals surface area contributed by atoms with E-state index in [9.17, 15) is 13.2 Å². The lowest BCUT2D eigenvalue weighted by atomic mass is 9.71. The highest BCUT2D eigenvalue weighted by Gasteiger charge is 2.32. The van der Waals surface area contributed by atoms with Crippen molar-refractivity contribution < 1.29 is 22.3 Å². The van der Waals surface area contributed by atoms with Crippen molar-refractivity contribution in [2.45, 2.75) is 51.0 Å². The maximum atomic E-state index is 15.1. The molecule has 2 aliphatic rings. The molecule has 1 fully saturated rings. The number of ether oxygens (including phenoxy) is 1. The Morgan fingerprint density at radius 1 is 0.862 bits per heavy atom. The SMILES string of the molecule is C=COC1CCC(C2CCc3c(ccc(-c4cc(F)c(F)c(F)c4)c3F)C2)CC1. The molecule has 4 rings (SSSR count). The highest BCUT2D eigenvalue weighted by Crippen LogP contribution is 2.40. The first-order valence-electron chi connectivity index (χ1n) is 10.2. The number of rotatable bonds is 4.